The quantitative estimate of drug-likeness (QED) is 0.620. The average Bonchev–Trinajstić information content (AvgIpc) is 3.48. The van der Waals surface area contributed by atoms with Crippen LogP contribution in [0.2, 0.25) is 0 Å². The second kappa shape index (κ2) is 8.22. The van der Waals surface area contributed by atoms with Crippen LogP contribution in [-0.4, -0.2) is 27.5 Å². The molecule has 2 aromatic heterocycles. The number of rotatable bonds is 6. The summed E-state index contributed by atoms with van der Waals surface area (Å²) >= 11 is 0. The van der Waals surface area contributed by atoms with Crippen LogP contribution in [0.25, 0.3) is 0 Å². The van der Waals surface area contributed by atoms with Gasteiger partial charge in [0.15, 0.2) is 17.4 Å². The maximum absolute atomic E-state index is 14.0. The van der Waals surface area contributed by atoms with E-state index in [1.807, 2.05) is 0 Å². The minimum atomic E-state index is -1.00. The van der Waals surface area contributed by atoms with Crippen LogP contribution < -0.4 is 10.1 Å². The molecule has 2 heterocycles. The molecule has 4 rings (SSSR count). The summed E-state index contributed by atoms with van der Waals surface area (Å²) in [6, 6.07) is 5.00. The van der Waals surface area contributed by atoms with E-state index in [0.29, 0.717) is 34.8 Å². The minimum Gasteiger partial charge on any atom is -0.489 e. The first-order valence-corrected chi connectivity index (χ1v) is 10.0. The lowest BCUT2D eigenvalue weighted by molar-refractivity contribution is -0.117. The summed E-state index contributed by atoms with van der Waals surface area (Å²) in [6.45, 7) is 5.13. The van der Waals surface area contributed by atoms with Crippen LogP contribution >= 0.6 is 0 Å². The standard InChI is InChI=1S/C23H21F3N4O2/c1-12-6-21(28-9-19(12)26)30-22(31)16-8-23(16,15-4-5-17(24)18(25)7-15)11-32-20-10-27-14(3)29-13(20)2/h4-7,9-10,16H,8,11H2,1-3H3,(H,28,30,31)/t16-,23+/m0/s1. The Hall–Kier alpha value is -3.49. The minimum absolute atomic E-state index is 0.0410. The van der Waals surface area contributed by atoms with Gasteiger partial charge >= 0.3 is 0 Å². The zero-order valence-corrected chi connectivity index (χ0v) is 17.7. The van der Waals surface area contributed by atoms with Gasteiger partial charge in [-0.1, -0.05) is 6.07 Å². The molecule has 0 bridgehead atoms. The number of nitrogens with one attached hydrogen (secondary N) is 1. The molecule has 0 spiro atoms. The number of hydrogen-bond acceptors (Lipinski definition) is 5. The Labute approximate surface area is 182 Å². The number of anilines is 1. The molecule has 2 atom stereocenters. The Morgan fingerprint density at radius 3 is 2.56 bits per heavy atom. The third kappa shape index (κ3) is 4.15. The number of ether oxygens (including phenoxy) is 1. The second-order valence-corrected chi connectivity index (χ2v) is 8.01. The van der Waals surface area contributed by atoms with Crippen molar-refractivity contribution in [2.24, 2.45) is 5.92 Å². The van der Waals surface area contributed by atoms with Gasteiger partial charge in [0, 0.05) is 5.41 Å². The first-order chi connectivity index (χ1) is 15.2. The van der Waals surface area contributed by atoms with Gasteiger partial charge in [-0.15, -0.1) is 0 Å². The number of nitrogens with zero attached hydrogens (tertiary/aromatic N) is 3. The summed E-state index contributed by atoms with van der Waals surface area (Å²) in [5, 5.41) is 2.67. The van der Waals surface area contributed by atoms with E-state index in [9.17, 15) is 18.0 Å². The van der Waals surface area contributed by atoms with Crippen molar-refractivity contribution in [2.45, 2.75) is 32.6 Å². The van der Waals surface area contributed by atoms with Gasteiger partial charge in [-0.3, -0.25) is 4.79 Å². The van der Waals surface area contributed by atoms with Gasteiger partial charge in [-0.2, -0.15) is 0 Å². The first-order valence-electron chi connectivity index (χ1n) is 10.0. The smallest absolute Gasteiger partial charge is 0.229 e. The number of aromatic nitrogens is 3. The number of aryl methyl sites for hydroxylation is 3. The van der Waals surface area contributed by atoms with Crippen LogP contribution in [0.5, 0.6) is 5.75 Å². The number of amides is 1. The van der Waals surface area contributed by atoms with Gasteiger partial charge in [-0.05, 0) is 56.5 Å². The predicted molar refractivity (Wildman–Crippen MR) is 111 cm³/mol. The molecule has 0 aliphatic heterocycles. The van der Waals surface area contributed by atoms with Crippen molar-refractivity contribution in [3.63, 3.8) is 0 Å². The van der Waals surface area contributed by atoms with E-state index in [1.54, 1.807) is 27.0 Å². The van der Waals surface area contributed by atoms with Crippen LogP contribution in [0.1, 0.15) is 29.1 Å². The van der Waals surface area contributed by atoms with E-state index in [0.717, 1.165) is 18.3 Å². The van der Waals surface area contributed by atoms with Crippen LogP contribution in [0.4, 0.5) is 19.0 Å². The molecular formula is C23H21F3N4O2. The molecule has 0 unspecified atom stereocenters. The number of pyridine rings is 1. The molecule has 1 saturated carbocycles. The summed E-state index contributed by atoms with van der Waals surface area (Å²) in [5.41, 5.74) is 0.553. The molecule has 1 N–H and O–H groups in total. The molecule has 9 heteroatoms. The molecular weight excluding hydrogens is 421 g/mol. The fraction of sp³-hybridized carbons (Fsp3) is 0.304. The Bertz CT molecular complexity index is 1200. The highest BCUT2D eigenvalue weighted by Gasteiger charge is 2.60. The number of carbonyl (C=O) groups is 1. The maximum Gasteiger partial charge on any atom is 0.229 e. The Morgan fingerprint density at radius 2 is 1.88 bits per heavy atom. The zero-order chi connectivity index (χ0) is 23.0. The lowest BCUT2D eigenvalue weighted by Crippen LogP contribution is -2.27. The predicted octanol–water partition coefficient (Wildman–Crippen LogP) is 4.19. The van der Waals surface area contributed by atoms with Gasteiger partial charge in [-0.25, -0.2) is 28.1 Å². The SMILES string of the molecule is Cc1ncc(OC[C@@]2(c3ccc(F)c(F)c3)C[C@H]2C(=O)Nc2cc(C)c(F)cn2)c(C)n1. The summed E-state index contributed by atoms with van der Waals surface area (Å²) in [7, 11) is 0. The fourth-order valence-corrected chi connectivity index (χ4v) is 3.76. The highest BCUT2D eigenvalue weighted by atomic mass is 19.2. The molecule has 3 aromatic rings. The molecule has 1 aliphatic carbocycles. The molecule has 0 radical (unpaired) electrons. The maximum atomic E-state index is 14.0. The van der Waals surface area contributed by atoms with E-state index in [-0.39, 0.29) is 18.3 Å². The second-order valence-electron chi connectivity index (χ2n) is 8.01. The van der Waals surface area contributed by atoms with Crippen molar-refractivity contribution < 1.29 is 22.7 Å². The molecule has 1 aromatic carbocycles. The summed E-state index contributed by atoms with van der Waals surface area (Å²) < 4.78 is 46.9. The highest BCUT2D eigenvalue weighted by molar-refractivity contribution is 5.95. The van der Waals surface area contributed by atoms with E-state index in [1.165, 1.54) is 12.1 Å². The highest BCUT2D eigenvalue weighted by Crippen LogP contribution is 2.55. The van der Waals surface area contributed by atoms with E-state index in [4.69, 9.17) is 4.74 Å². The normalized spacial score (nSPS) is 19.5. The largest absolute Gasteiger partial charge is 0.489 e. The molecule has 1 fully saturated rings. The molecule has 0 saturated heterocycles. The molecule has 1 aliphatic rings. The summed E-state index contributed by atoms with van der Waals surface area (Å²) in [5.74, 6) is -2.15. The number of benzene rings is 1. The van der Waals surface area contributed by atoms with Gasteiger partial charge in [0.05, 0.1) is 30.6 Å². The van der Waals surface area contributed by atoms with Gasteiger partial charge in [0.1, 0.15) is 17.5 Å². The van der Waals surface area contributed by atoms with E-state index in [2.05, 4.69) is 20.3 Å². The molecule has 6 nitrogen and oxygen atoms in total. The Balaban J connectivity index is 1.59. The van der Waals surface area contributed by atoms with Crippen molar-refractivity contribution >= 4 is 11.7 Å². The summed E-state index contributed by atoms with van der Waals surface area (Å²) in [6.07, 6.45) is 2.93. The van der Waals surface area contributed by atoms with Crippen molar-refractivity contribution in [3.8, 4) is 5.75 Å². The number of carbonyl (C=O) groups excluding carboxylic acids is 1. The average molecular weight is 442 g/mol. The lowest BCUT2D eigenvalue weighted by atomic mass is 9.93. The molecule has 32 heavy (non-hydrogen) atoms. The van der Waals surface area contributed by atoms with Gasteiger partial charge < -0.3 is 10.1 Å². The third-order valence-electron chi connectivity index (χ3n) is 5.72. The fourth-order valence-electron chi connectivity index (χ4n) is 3.76. The Kier molecular flexibility index (Phi) is 5.58. The van der Waals surface area contributed by atoms with E-state index < -0.39 is 28.8 Å². The topological polar surface area (TPSA) is 77.0 Å². The van der Waals surface area contributed by atoms with Crippen molar-refractivity contribution in [3.05, 3.63) is 76.8 Å². The first kappa shape index (κ1) is 21.7. The molecule has 166 valence electrons. The van der Waals surface area contributed by atoms with E-state index >= 15 is 0 Å². The monoisotopic (exact) mass is 442 g/mol. The van der Waals surface area contributed by atoms with Crippen molar-refractivity contribution in [2.75, 3.05) is 11.9 Å². The number of hydrogen-bond donors (Lipinski definition) is 1. The molecule has 1 amide bonds. The van der Waals surface area contributed by atoms with Crippen molar-refractivity contribution in [1.29, 1.82) is 0 Å². The van der Waals surface area contributed by atoms with Crippen LogP contribution in [0, 0.1) is 44.1 Å². The Morgan fingerprint density at radius 1 is 1.09 bits per heavy atom. The number of halogens is 3. The lowest BCUT2D eigenvalue weighted by Gasteiger charge is -2.20. The van der Waals surface area contributed by atoms with Crippen molar-refractivity contribution in [1.82, 2.24) is 15.0 Å². The van der Waals surface area contributed by atoms with Gasteiger partial charge in [0.2, 0.25) is 5.91 Å². The van der Waals surface area contributed by atoms with Gasteiger partial charge in [0.25, 0.3) is 0 Å². The summed E-state index contributed by atoms with van der Waals surface area (Å²) in [4.78, 5) is 25.2. The van der Waals surface area contributed by atoms with Crippen LogP contribution in [0.15, 0.2) is 36.7 Å². The third-order valence-corrected chi connectivity index (χ3v) is 5.72. The van der Waals surface area contributed by atoms with Crippen LogP contribution in [-0.2, 0) is 10.2 Å². The zero-order valence-electron chi connectivity index (χ0n) is 17.7. The van der Waals surface area contributed by atoms with Crippen LogP contribution in [0.3, 0.4) is 0 Å².